The van der Waals surface area contributed by atoms with Gasteiger partial charge in [-0.2, -0.15) is 0 Å². The molecule has 2 atom stereocenters. The van der Waals surface area contributed by atoms with Gasteiger partial charge in [0.15, 0.2) is 0 Å². The molecule has 5 heteroatoms. The number of nitrogens with one attached hydrogen (secondary N) is 1. The van der Waals surface area contributed by atoms with E-state index in [1.165, 1.54) is 0 Å². The largest absolute Gasteiger partial charge is 0.327 e. The average Bonchev–Trinajstić information content (AvgIpc) is 2.20. The molecule has 0 saturated carbocycles. The Hall–Kier alpha value is -1.49. The van der Waals surface area contributed by atoms with Gasteiger partial charge in [0, 0.05) is 6.04 Å². The molecule has 0 aromatic carbocycles. The van der Waals surface area contributed by atoms with Gasteiger partial charge in [0.1, 0.15) is 5.82 Å². The molecule has 0 spiro atoms. The number of hydrogen-bond acceptors (Lipinski definition) is 4. The summed E-state index contributed by atoms with van der Waals surface area (Å²) in [4.78, 5) is 19.6. The van der Waals surface area contributed by atoms with Crippen LogP contribution >= 0.6 is 0 Å². The third kappa shape index (κ3) is 3.28. The molecule has 1 aromatic heterocycles. The zero-order chi connectivity index (χ0) is 11.4. The predicted molar refractivity (Wildman–Crippen MR) is 58.2 cm³/mol. The van der Waals surface area contributed by atoms with Crippen molar-refractivity contribution in [2.75, 3.05) is 5.32 Å². The molecule has 0 radical (unpaired) electrons. The summed E-state index contributed by atoms with van der Waals surface area (Å²) in [5, 5.41) is 2.71. The van der Waals surface area contributed by atoms with E-state index in [9.17, 15) is 4.79 Å². The summed E-state index contributed by atoms with van der Waals surface area (Å²) in [5.74, 6) is 0.331. The minimum atomic E-state index is -0.230. The molecule has 1 heterocycles. The molecule has 0 aliphatic heterocycles. The first-order valence-corrected chi connectivity index (χ1v) is 4.86. The van der Waals surface area contributed by atoms with Gasteiger partial charge >= 0.3 is 0 Å². The zero-order valence-electron chi connectivity index (χ0n) is 9.19. The van der Waals surface area contributed by atoms with Crippen LogP contribution in [0.2, 0.25) is 0 Å². The van der Waals surface area contributed by atoms with Gasteiger partial charge in [-0.25, -0.2) is 9.97 Å². The normalized spacial score (nSPS) is 14.4. The van der Waals surface area contributed by atoms with E-state index >= 15 is 0 Å². The van der Waals surface area contributed by atoms with Crippen LogP contribution in [0.25, 0.3) is 0 Å². The van der Waals surface area contributed by atoms with Crippen molar-refractivity contribution in [3.05, 3.63) is 18.2 Å². The SMILES string of the molecule is Cc1ncc(NC(=O)C(C)C(C)N)cn1. The number of hydrogen-bond donors (Lipinski definition) is 2. The first-order chi connectivity index (χ1) is 7.00. The van der Waals surface area contributed by atoms with Crippen LogP contribution in [-0.2, 0) is 4.79 Å². The fourth-order valence-electron chi connectivity index (χ4n) is 0.952. The van der Waals surface area contributed by atoms with Gasteiger partial charge in [-0.15, -0.1) is 0 Å². The zero-order valence-corrected chi connectivity index (χ0v) is 9.19. The van der Waals surface area contributed by atoms with Crippen molar-refractivity contribution < 1.29 is 4.79 Å². The van der Waals surface area contributed by atoms with Crippen LogP contribution in [0.5, 0.6) is 0 Å². The van der Waals surface area contributed by atoms with Gasteiger partial charge in [-0.1, -0.05) is 6.92 Å². The lowest BCUT2D eigenvalue weighted by atomic mass is 10.0. The second-order valence-corrected chi connectivity index (χ2v) is 3.66. The monoisotopic (exact) mass is 208 g/mol. The number of carbonyl (C=O) groups is 1. The molecule has 0 saturated heterocycles. The summed E-state index contributed by atoms with van der Waals surface area (Å²) in [7, 11) is 0. The minimum absolute atomic E-state index is 0.113. The van der Waals surface area contributed by atoms with E-state index in [2.05, 4.69) is 15.3 Å². The maximum atomic E-state index is 11.6. The van der Waals surface area contributed by atoms with Crippen LogP contribution in [0.3, 0.4) is 0 Å². The van der Waals surface area contributed by atoms with Gasteiger partial charge in [0.05, 0.1) is 24.0 Å². The van der Waals surface area contributed by atoms with E-state index in [4.69, 9.17) is 5.73 Å². The highest BCUT2D eigenvalue weighted by atomic mass is 16.1. The summed E-state index contributed by atoms with van der Waals surface area (Å²) >= 11 is 0. The van der Waals surface area contributed by atoms with Gasteiger partial charge in [0.2, 0.25) is 5.91 Å². The van der Waals surface area contributed by atoms with E-state index in [1.807, 2.05) is 0 Å². The van der Waals surface area contributed by atoms with Gasteiger partial charge in [-0.3, -0.25) is 4.79 Å². The van der Waals surface area contributed by atoms with Crippen LogP contribution in [0.4, 0.5) is 5.69 Å². The number of aromatic nitrogens is 2. The maximum Gasteiger partial charge on any atom is 0.228 e. The number of carbonyl (C=O) groups excluding carboxylic acids is 1. The summed E-state index contributed by atoms with van der Waals surface area (Å²) in [6.45, 7) is 5.38. The summed E-state index contributed by atoms with van der Waals surface area (Å²) < 4.78 is 0. The number of aryl methyl sites for hydroxylation is 1. The highest BCUT2D eigenvalue weighted by Crippen LogP contribution is 2.07. The Balaban J connectivity index is 2.62. The Labute approximate surface area is 89.1 Å². The highest BCUT2D eigenvalue weighted by Gasteiger charge is 2.16. The predicted octanol–water partition coefficient (Wildman–Crippen LogP) is 0.707. The van der Waals surface area contributed by atoms with Crippen molar-refractivity contribution in [2.24, 2.45) is 11.7 Å². The van der Waals surface area contributed by atoms with Gasteiger partial charge in [-0.05, 0) is 13.8 Å². The molecule has 1 amide bonds. The van der Waals surface area contributed by atoms with Crippen molar-refractivity contribution >= 4 is 11.6 Å². The van der Waals surface area contributed by atoms with Crippen LogP contribution in [0, 0.1) is 12.8 Å². The molecule has 15 heavy (non-hydrogen) atoms. The first kappa shape index (κ1) is 11.6. The molecule has 1 rings (SSSR count). The van der Waals surface area contributed by atoms with Crippen LogP contribution in [0.15, 0.2) is 12.4 Å². The quantitative estimate of drug-likeness (QED) is 0.766. The number of rotatable bonds is 3. The van der Waals surface area contributed by atoms with Gasteiger partial charge < -0.3 is 11.1 Å². The molecule has 2 unspecified atom stereocenters. The Bertz CT molecular complexity index is 334. The second kappa shape index (κ2) is 4.84. The van der Waals surface area contributed by atoms with E-state index < -0.39 is 0 Å². The molecular weight excluding hydrogens is 192 g/mol. The molecule has 1 aromatic rings. The molecule has 0 aliphatic carbocycles. The lowest BCUT2D eigenvalue weighted by Crippen LogP contribution is -2.34. The summed E-state index contributed by atoms with van der Waals surface area (Å²) in [6, 6.07) is -0.170. The number of nitrogens with zero attached hydrogens (tertiary/aromatic N) is 2. The lowest BCUT2D eigenvalue weighted by Gasteiger charge is -2.14. The highest BCUT2D eigenvalue weighted by molar-refractivity contribution is 5.92. The molecule has 0 aliphatic rings. The molecule has 0 bridgehead atoms. The van der Waals surface area contributed by atoms with Crippen molar-refractivity contribution in [1.82, 2.24) is 9.97 Å². The smallest absolute Gasteiger partial charge is 0.228 e. The van der Waals surface area contributed by atoms with Crippen LogP contribution in [-0.4, -0.2) is 21.9 Å². The fourth-order valence-corrected chi connectivity index (χ4v) is 0.952. The second-order valence-electron chi connectivity index (χ2n) is 3.66. The number of anilines is 1. The van der Waals surface area contributed by atoms with Crippen molar-refractivity contribution in [3.8, 4) is 0 Å². The van der Waals surface area contributed by atoms with E-state index in [-0.39, 0.29) is 17.9 Å². The molecule has 5 nitrogen and oxygen atoms in total. The standard InChI is InChI=1S/C10H16N4O/c1-6(7(2)11)10(15)14-9-4-12-8(3)13-5-9/h4-7H,11H2,1-3H3,(H,14,15). The summed E-state index contributed by atoms with van der Waals surface area (Å²) in [6.07, 6.45) is 3.16. The Morgan fingerprint density at radius 2 is 1.93 bits per heavy atom. The van der Waals surface area contributed by atoms with Crippen molar-refractivity contribution in [2.45, 2.75) is 26.8 Å². The van der Waals surface area contributed by atoms with Crippen LogP contribution < -0.4 is 11.1 Å². The third-order valence-corrected chi connectivity index (χ3v) is 2.25. The molecular formula is C10H16N4O. The van der Waals surface area contributed by atoms with E-state index in [1.54, 1.807) is 33.2 Å². The fraction of sp³-hybridized carbons (Fsp3) is 0.500. The lowest BCUT2D eigenvalue weighted by molar-refractivity contribution is -0.119. The number of nitrogens with two attached hydrogens (primary N) is 1. The average molecular weight is 208 g/mol. The minimum Gasteiger partial charge on any atom is -0.327 e. The van der Waals surface area contributed by atoms with Crippen molar-refractivity contribution in [3.63, 3.8) is 0 Å². The van der Waals surface area contributed by atoms with Crippen molar-refractivity contribution in [1.29, 1.82) is 0 Å². The van der Waals surface area contributed by atoms with E-state index in [0.29, 0.717) is 11.5 Å². The van der Waals surface area contributed by atoms with Crippen LogP contribution in [0.1, 0.15) is 19.7 Å². The molecule has 82 valence electrons. The van der Waals surface area contributed by atoms with Gasteiger partial charge in [0.25, 0.3) is 0 Å². The maximum absolute atomic E-state index is 11.6. The first-order valence-electron chi connectivity index (χ1n) is 4.86. The topological polar surface area (TPSA) is 80.9 Å². The third-order valence-electron chi connectivity index (χ3n) is 2.25. The number of amides is 1. The Morgan fingerprint density at radius 3 is 2.40 bits per heavy atom. The molecule has 0 fully saturated rings. The summed E-state index contributed by atoms with van der Waals surface area (Å²) in [5.41, 5.74) is 6.22. The van der Waals surface area contributed by atoms with E-state index in [0.717, 1.165) is 0 Å². The Kier molecular flexibility index (Phi) is 3.74. The molecule has 3 N–H and O–H groups in total. The Morgan fingerprint density at radius 1 is 1.40 bits per heavy atom.